The number of hydrogen-bond acceptors (Lipinski definition) is 6. The normalized spacial score (nSPS) is 51.9. The molecule has 5 aliphatic rings. The van der Waals surface area contributed by atoms with Gasteiger partial charge >= 0.3 is 0 Å². The van der Waals surface area contributed by atoms with Gasteiger partial charge in [0.25, 0.3) is 0 Å². The summed E-state index contributed by atoms with van der Waals surface area (Å²) < 4.78 is 22.5. The van der Waals surface area contributed by atoms with Gasteiger partial charge in [-0.05, 0) is 74.3 Å². The fraction of sp³-hybridized carbons (Fsp3) is 1.00. The summed E-state index contributed by atoms with van der Waals surface area (Å²) in [5.74, 6) is 3.49. The molecule has 4 saturated heterocycles. The lowest BCUT2D eigenvalue weighted by atomic mass is 9.53. The minimum atomic E-state index is 0.432. The minimum Gasteiger partial charge on any atom is -0.373 e. The van der Waals surface area contributed by atoms with E-state index in [1.807, 2.05) is 0 Å². The molecule has 0 aromatic carbocycles. The first-order valence-electron chi connectivity index (χ1n) is 10.6. The molecule has 4 aliphatic heterocycles. The van der Waals surface area contributed by atoms with Gasteiger partial charge in [-0.25, -0.2) is 0 Å². The first-order chi connectivity index (χ1) is 12.8. The Balaban J connectivity index is 1.43. The molecular weight excluding hydrogens is 332 g/mol. The molecule has 4 heterocycles. The minimum absolute atomic E-state index is 0.432. The lowest BCUT2D eigenvalue weighted by Gasteiger charge is -2.52. The summed E-state index contributed by atoms with van der Waals surface area (Å²) >= 11 is 0. The van der Waals surface area contributed by atoms with E-state index in [-0.39, 0.29) is 0 Å². The second-order valence-electron chi connectivity index (χ2n) is 9.22. The van der Waals surface area contributed by atoms with Crippen LogP contribution < -0.4 is 11.5 Å². The van der Waals surface area contributed by atoms with Crippen LogP contribution in [-0.2, 0) is 18.9 Å². The highest BCUT2D eigenvalue weighted by molar-refractivity contribution is 5.02. The van der Waals surface area contributed by atoms with Crippen molar-refractivity contribution in [3.63, 3.8) is 0 Å². The van der Waals surface area contributed by atoms with E-state index < -0.39 is 0 Å². The van der Waals surface area contributed by atoms with Gasteiger partial charge in [0.15, 0.2) is 0 Å². The van der Waals surface area contributed by atoms with Crippen LogP contribution in [0.1, 0.15) is 25.7 Å². The molecule has 1 saturated carbocycles. The monoisotopic (exact) mass is 366 g/mol. The molecule has 26 heavy (non-hydrogen) atoms. The molecule has 8 unspecified atom stereocenters. The Morgan fingerprint density at radius 3 is 0.923 bits per heavy atom. The molecule has 5 rings (SSSR count). The van der Waals surface area contributed by atoms with Crippen molar-refractivity contribution in [3.05, 3.63) is 0 Å². The zero-order valence-corrected chi connectivity index (χ0v) is 15.6. The molecule has 8 atom stereocenters. The van der Waals surface area contributed by atoms with Crippen LogP contribution in [0.5, 0.6) is 0 Å². The third-order valence-electron chi connectivity index (χ3n) is 7.59. The molecule has 148 valence electrons. The van der Waals surface area contributed by atoms with Crippen molar-refractivity contribution in [1.29, 1.82) is 0 Å². The van der Waals surface area contributed by atoms with E-state index in [0.29, 0.717) is 59.9 Å². The van der Waals surface area contributed by atoms with Gasteiger partial charge in [-0.3, -0.25) is 0 Å². The number of rotatable bonds is 10. The van der Waals surface area contributed by atoms with Crippen LogP contribution >= 0.6 is 0 Å². The Hall–Kier alpha value is -0.240. The molecule has 0 aromatic heterocycles. The van der Waals surface area contributed by atoms with Crippen LogP contribution in [0.25, 0.3) is 0 Å². The largest absolute Gasteiger partial charge is 0.373 e. The molecule has 6 nitrogen and oxygen atoms in total. The van der Waals surface area contributed by atoms with Crippen molar-refractivity contribution in [2.75, 3.05) is 39.5 Å². The molecule has 0 aromatic rings. The summed E-state index contributed by atoms with van der Waals surface area (Å²) in [5.41, 5.74) is 12.8. The smallest absolute Gasteiger partial charge is 0.0812 e. The SMILES string of the molecule is NCC1C(CC2CO2)C(CN)C(CC2CO2)C(CC2CO2)C1CC1CO1. The summed E-state index contributed by atoms with van der Waals surface area (Å²) in [5, 5.41) is 0. The molecule has 1 aliphatic carbocycles. The van der Waals surface area contributed by atoms with Gasteiger partial charge in [0.05, 0.1) is 50.8 Å². The molecule has 0 spiro atoms. The number of hydrogen-bond donors (Lipinski definition) is 2. The summed E-state index contributed by atoms with van der Waals surface area (Å²) in [7, 11) is 0. The maximum absolute atomic E-state index is 6.38. The summed E-state index contributed by atoms with van der Waals surface area (Å²) in [6.07, 6.45) is 6.37. The Bertz CT molecular complexity index is 460. The van der Waals surface area contributed by atoms with Crippen LogP contribution in [0.3, 0.4) is 0 Å². The highest BCUT2D eigenvalue weighted by atomic mass is 16.6. The van der Waals surface area contributed by atoms with E-state index in [1.54, 1.807) is 0 Å². The molecule has 0 bridgehead atoms. The third-order valence-corrected chi connectivity index (χ3v) is 7.59. The summed E-state index contributed by atoms with van der Waals surface area (Å²) in [6, 6.07) is 0. The first-order valence-corrected chi connectivity index (χ1v) is 10.6. The quantitative estimate of drug-likeness (QED) is 0.554. The van der Waals surface area contributed by atoms with Crippen molar-refractivity contribution in [2.24, 2.45) is 47.0 Å². The average molecular weight is 367 g/mol. The molecule has 0 amide bonds. The average Bonchev–Trinajstić information content (AvgIpc) is 3.43. The van der Waals surface area contributed by atoms with Crippen molar-refractivity contribution >= 4 is 0 Å². The van der Waals surface area contributed by atoms with Crippen molar-refractivity contribution in [1.82, 2.24) is 0 Å². The van der Waals surface area contributed by atoms with Gasteiger partial charge in [0.2, 0.25) is 0 Å². The Kier molecular flexibility index (Phi) is 5.01. The fourth-order valence-corrected chi connectivity index (χ4v) is 6.03. The van der Waals surface area contributed by atoms with Gasteiger partial charge in [-0.15, -0.1) is 0 Å². The Labute approximate surface area is 156 Å². The molecule has 5 fully saturated rings. The molecular formula is C20H34N2O4. The van der Waals surface area contributed by atoms with Crippen LogP contribution in [0.15, 0.2) is 0 Å². The second-order valence-corrected chi connectivity index (χ2v) is 9.22. The van der Waals surface area contributed by atoms with Crippen LogP contribution in [0.4, 0.5) is 0 Å². The highest BCUT2D eigenvalue weighted by Gasteiger charge is 2.53. The summed E-state index contributed by atoms with van der Waals surface area (Å²) in [6.45, 7) is 5.19. The predicted molar refractivity (Wildman–Crippen MR) is 96.5 cm³/mol. The lowest BCUT2D eigenvalue weighted by Crippen LogP contribution is -2.52. The van der Waals surface area contributed by atoms with Gasteiger partial charge in [0, 0.05) is 0 Å². The van der Waals surface area contributed by atoms with E-state index in [1.165, 1.54) is 0 Å². The van der Waals surface area contributed by atoms with Crippen LogP contribution in [-0.4, -0.2) is 63.9 Å². The van der Waals surface area contributed by atoms with Crippen molar-refractivity contribution in [2.45, 2.75) is 50.1 Å². The third kappa shape index (κ3) is 3.96. The van der Waals surface area contributed by atoms with E-state index in [0.717, 1.165) is 65.2 Å². The summed E-state index contributed by atoms with van der Waals surface area (Å²) in [4.78, 5) is 0. The van der Waals surface area contributed by atoms with E-state index in [2.05, 4.69) is 0 Å². The lowest BCUT2D eigenvalue weighted by molar-refractivity contribution is -0.0389. The van der Waals surface area contributed by atoms with Crippen LogP contribution in [0.2, 0.25) is 0 Å². The molecule has 4 N–H and O–H groups in total. The zero-order valence-electron chi connectivity index (χ0n) is 15.6. The number of nitrogens with two attached hydrogens (primary N) is 2. The Morgan fingerprint density at radius 2 is 0.692 bits per heavy atom. The predicted octanol–water partition coefficient (Wildman–Crippen LogP) is 0.770. The van der Waals surface area contributed by atoms with Crippen LogP contribution in [0, 0.1) is 35.5 Å². The standard InChI is InChI=1S/C20H34N2O4/c21-5-19-16(2-12-8-24-12)15(1-11-7-23-11)17(3-13-9-25-13)20(6-22)18(19)4-14-10-26-14/h11-20H,1-10,21-22H2. The van der Waals surface area contributed by atoms with E-state index in [9.17, 15) is 0 Å². The zero-order chi connectivity index (χ0) is 17.7. The van der Waals surface area contributed by atoms with Gasteiger partial charge < -0.3 is 30.4 Å². The first kappa shape index (κ1) is 17.8. The van der Waals surface area contributed by atoms with E-state index in [4.69, 9.17) is 30.4 Å². The van der Waals surface area contributed by atoms with Gasteiger partial charge in [-0.1, -0.05) is 0 Å². The fourth-order valence-electron chi connectivity index (χ4n) is 6.03. The van der Waals surface area contributed by atoms with E-state index >= 15 is 0 Å². The van der Waals surface area contributed by atoms with Crippen molar-refractivity contribution < 1.29 is 18.9 Å². The topological polar surface area (TPSA) is 102 Å². The second kappa shape index (κ2) is 7.30. The Morgan fingerprint density at radius 1 is 0.462 bits per heavy atom. The number of ether oxygens (including phenoxy) is 4. The highest BCUT2D eigenvalue weighted by Crippen LogP contribution is 2.54. The number of epoxide rings is 4. The molecule has 0 radical (unpaired) electrons. The maximum Gasteiger partial charge on any atom is 0.0812 e. The van der Waals surface area contributed by atoms with Gasteiger partial charge in [-0.2, -0.15) is 0 Å². The van der Waals surface area contributed by atoms with Crippen molar-refractivity contribution in [3.8, 4) is 0 Å². The maximum atomic E-state index is 6.38. The molecule has 6 heteroatoms. The van der Waals surface area contributed by atoms with Gasteiger partial charge in [0.1, 0.15) is 0 Å².